The Balaban J connectivity index is 2.05. The third-order valence-corrected chi connectivity index (χ3v) is 3.21. The van der Waals surface area contributed by atoms with Gasteiger partial charge in [0.1, 0.15) is 5.69 Å². The molecule has 4 nitrogen and oxygen atoms in total. The molecule has 92 valence electrons. The predicted octanol–water partition coefficient (Wildman–Crippen LogP) is 1.93. The highest BCUT2D eigenvalue weighted by molar-refractivity contribution is 7.10. The van der Waals surface area contributed by atoms with Crippen molar-refractivity contribution in [3.05, 3.63) is 51.5 Å². The molecule has 5 heteroatoms. The van der Waals surface area contributed by atoms with Crippen LogP contribution in [0.2, 0.25) is 0 Å². The zero-order chi connectivity index (χ0) is 13.7. The van der Waals surface area contributed by atoms with Crippen LogP contribution in [0.4, 0.5) is 0 Å². The van der Waals surface area contributed by atoms with Crippen LogP contribution in [-0.4, -0.2) is 10.9 Å². The van der Waals surface area contributed by atoms with E-state index in [1.54, 1.807) is 23.6 Å². The van der Waals surface area contributed by atoms with E-state index in [9.17, 15) is 4.79 Å². The van der Waals surface area contributed by atoms with Crippen LogP contribution < -0.4 is 5.32 Å². The van der Waals surface area contributed by atoms with Crippen molar-refractivity contribution in [1.82, 2.24) is 10.3 Å². The predicted molar refractivity (Wildman–Crippen MR) is 72.4 cm³/mol. The topological polar surface area (TPSA) is 65.8 Å². The van der Waals surface area contributed by atoms with Crippen molar-refractivity contribution in [2.75, 3.05) is 0 Å². The number of hydrogen-bond acceptors (Lipinski definition) is 4. The van der Waals surface area contributed by atoms with Gasteiger partial charge in [-0.15, -0.1) is 17.8 Å². The van der Waals surface area contributed by atoms with Gasteiger partial charge in [-0.3, -0.25) is 4.79 Å². The summed E-state index contributed by atoms with van der Waals surface area (Å²) in [5, 5.41) is 13.7. The lowest BCUT2D eigenvalue weighted by atomic mass is 10.1. The molecule has 0 bridgehead atoms. The fourth-order valence-electron chi connectivity index (χ4n) is 1.49. The highest BCUT2D eigenvalue weighted by Crippen LogP contribution is 2.10. The van der Waals surface area contributed by atoms with Gasteiger partial charge in [0.2, 0.25) is 0 Å². The fourth-order valence-corrected chi connectivity index (χ4v) is 2.10. The summed E-state index contributed by atoms with van der Waals surface area (Å²) >= 11 is 1.25. The van der Waals surface area contributed by atoms with E-state index < -0.39 is 0 Å². The van der Waals surface area contributed by atoms with E-state index >= 15 is 0 Å². The SMILES string of the molecule is C#Cc1nc(C(=O)NCc2ccccc2C#N)cs1. The summed E-state index contributed by atoms with van der Waals surface area (Å²) in [6.45, 7) is 0.283. The second kappa shape index (κ2) is 5.81. The molecule has 0 saturated carbocycles. The standard InChI is InChI=1S/C14H9N3OS/c1-2-13-17-12(9-19-13)14(18)16-8-11-6-4-3-5-10(11)7-15/h1,3-6,9H,8H2,(H,16,18). The van der Waals surface area contributed by atoms with E-state index in [0.29, 0.717) is 16.3 Å². The van der Waals surface area contributed by atoms with E-state index in [1.807, 2.05) is 6.07 Å². The van der Waals surface area contributed by atoms with Crippen molar-refractivity contribution in [1.29, 1.82) is 5.26 Å². The average Bonchev–Trinajstić information content (AvgIpc) is 2.94. The number of carbonyl (C=O) groups excluding carboxylic acids is 1. The van der Waals surface area contributed by atoms with Crippen LogP contribution in [0.3, 0.4) is 0 Å². The third-order valence-electron chi connectivity index (χ3n) is 2.44. The third kappa shape index (κ3) is 2.98. The van der Waals surface area contributed by atoms with Gasteiger partial charge < -0.3 is 5.32 Å². The number of hydrogen-bond donors (Lipinski definition) is 1. The first kappa shape index (κ1) is 12.8. The highest BCUT2D eigenvalue weighted by Gasteiger charge is 2.10. The number of carbonyl (C=O) groups is 1. The number of amides is 1. The molecule has 1 aromatic carbocycles. The molecule has 1 aromatic heterocycles. The van der Waals surface area contributed by atoms with Crippen LogP contribution in [0.15, 0.2) is 29.6 Å². The quantitative estimate of drug-likeness (QED) is 0.864. The van der Waals surface area contributed by atoms with Gasteiger partial charge >= 0.3 is 0 Å². The molecule has 0 atom stereocenters. The first-order valence-electron chi connectivity index (χ1n) is 5.43. The largest absolute Gasteiger partial charge is 0.347 e. The number of rotatable bonds is 3. The molecule has 0 radical (unpaired) electrons. The molecule has 2 aromatic rings. The van der Waals surface area contributed by atoms with Crippen LogP contribution in [0.25, 0.3) is 0 Å². The first-order valence-corrected chi connectivity index (χ1v) is 6.31. The van der Waals surface area contributed by atoms with Gasteiger partial charge in [0.25, 0.3) is 5.91 Å². The van der Waals surface area contributed by atoms with Gasteiger partial charge in [0, 0.05) is 11.9 Å². The van der Waals surface area contributed by atoms with E-state index in [0.717, 1.165) is 5.56 Å². The summed E-state index contributed by atoms with van der Waals surface area (Å²) < 4.78 is 0. The van der Waals surface area contributed by atoms with Gasteiger partial charge in [-0.25, -0.2) is 4.98 Å². The minimum atomic E-state index is -0.300. The summed E-state index contributed by atoms with van der Waals surface area (Å²) in [5.74, 6) is 2.08. The molecule has 0 unspecified atom stereocenters. The van der Waals surface area contributed by atoms with Gasteiger partial charge in [-0.05, 0) is 17.6 Å². The highest BCUT2D eigenvalue weighted by atomic mass is 32.1. The van der Waals surface area contributed by atoms with Gasteiger partial charge in [0.15, 0.2) is 5.01 Å². The minimum absolute atomic E-state index is 0.283. The van der Waals surface area contributed by atoms with Gasteiger partial charge in [-0.1, -0.05) is 18.2 Å². The van der Waals surface area contributed by atoms with E-state index in [1.165, 1.54) is 11.3 Å². The van der Waals surface area contributed by atoms with Crippen LogP contribution >= 0.6 is 11.3 Å². The number of terminal acetylenes is 1. The molecule has 0 fully saturated rings. The summed E-state index contributed by atoms with van der Waals surface area (Å²) in [4.78, 5) is 15.8. The zero-order valence-corrected chi connectivity index (χ0v) is 10.7. The van der Waals surface area contributed by atoms with Crippen molar-refractivity contribution < 1.29 is 4.79 Å². The number of benzene rings is 1. The average molecular weight is 267 g/mol. The van der Waals surface area contributed by atoms with E-state index in [-0.39, 0.29) is 12.5 Å². The molecule has 1 N–H and O–H groups in total. The summed E-state index contributed by atoms with van der Waals surface area (Å²) in [7, 11) is 0. The molecular formula is C14H9N3OS. The van der Waals surface area contributed by atoms with Crippen molar-refractivity contribution >= 4 is 17.2 Å². The molecule has 0 aliphatic heterocycles. The molecule has 0 saturated heterocycles. The molecule has 0 aliphatic carbocycles. The molecule has 0 spiro atoms. The smallest absolute Gasteiger partial charge is 0.271 e. The summed E-state index contributed by atoms with van der Waals surface area (Å²) in [6.07, 6.45) is 5.20. The molecule has 2 rings (SSSR count). The normalized spacial score (nSPS) is 9.37. The number of thiazole rings is 1. The Morgan fingerprint density at radius 1 is 1.47 bits per heavy atom. The number of nitrogens with zero attached hydrogens (tertiary/aromatic N) is 2. The lowest BCUT2D eigenvalue weighted by Gasteiger charge is -2.04. The second-order valence-corrected chi connectivity index (χ2v) is 4.49. The van der Waals surface area contributed by atoms with Crippen molar-refractivity contribution in [2.24, 2.45) is 0 Å². The van der Waals surface area contributed by atoms with Crippen LogP contribution in [0, 0.1) is 23.7 Å². The van der Waals surface area contributed by atoms with Gasteiger partial charge in [0.05, 0.1) is 11.6 Å². The summed E-state index contributed by atoms with van der Waals surface area (Å²) in [6, 6.07) is 9.19. The van der Waals surface area contributed by atoms with E-state index in [2.05, 4.69) is 22.3 Å². The zero-order valence-electron chi connectivity index (χ0n) is 9.88. The van der Waals surface area contributed by atoms with Crippen LogP contribution in [-0.2, 0) is 6.54 Å². The fraction of sp³-hybridized carbons (Fsp3) is 0.0714. The maximum atomic E-state index is 11.8. The first-order chi connectivity index (χ1) is 9.24. The Kier molecular flexibility index (Phi) is 3.92. The van der Waals surface area contributed by atoms with Crippen molar-refractivity contribution in [2.45, 2.75) is 6.54 Å². The van der Waals surface area contributed by atoms with Crippen molar-refractivity contribution in [3.8, 4) is 18.4 Å². The van der Waals surface area contributed by atoms with Gasteiger partial charge in [-0.2, -0.15) is 5.26 Å². The maximum absolute atomic E-state index is 11.8. The van der Waals surface area contributed by atoms with Crippen LogP contribution in [0.5, 0.6) is 0 Å². The Hall–Kier alpha value is -2.63. The maximum Gasteiger partial charge on any atom is 0.271 e. The second-order valence-electron chi connectivity index (χ2n) is 3.63. The Bertz CT molecular complexity index is 691. The number of nitriles is 1. The number of nitrogens with one attached hydrogen (secondary N) is 1. The monoisotopic (exact) mass is 267 g/mol. The Morgan fingerprint density at radius 3 is 2.95 bits per heavy atom. The summed E-state index contributed by atoms with van der Waals surface area (Å²) in [5.41, 5.74) is 1.61. The minimum Gasteiger partial charge on any atom is -0.347 e. The number of aromatic nitrogens is 1. The Morgan fingerprint density at radius 2 is 2.26 bits per heavy atom. The molecule has 1 heterocycles. The van der Waals surface area contributed by atoms with Crippen molar-refractivity contribution in [3.63, 3.8) is 0 Å². The lowest BCUT2D eigenvalue weighted by molar-refractivity contribution is 0.0946. The lowest BCUT2D eigenvalue weighted by Crippen LogP contribution is -2.23. The van der Waals surface area contributed by atoms with Crippen LogP contribution in [0.1, 0.15) is 26.6 Å². The molecule has 0 aliphatic rings. The molecular weight excluding hydrogens is 258 g/mol. The molecule has 1 amide bonds. The Labute approximate surface area is 114 Å². The van der Waals surface area contributed by atoms with E-state index in [4.69, 9.17) is 11.7 Å². The molecule has 19 heavy (non-hydrogen) atoms.